The highest BCUT2D eigenvalue weighted by Gasteiger charge is 2.54. The number of hydrogen-bond acceptors (Lipinski definition) is 14. The van der Waals surface area contributed by atoms with Crippen LogP contribution < -0.4 is 26.5 Å². The van der Waals surface area contributed by atoms with Crippen molar-refractivity contribution in [3.63, 3.8) is 0 Å². The zero-order valence-corrected chi connectivity index (χ0v) is 24.0. The zero-order chi connectivity index (χ0) is 29.8. The molecule has 42 heavy (non-hydrogen) atoms. The maximum Gasteiger partial charge on any atom is 0.350 e. The van der Waals surface area contributed by atoms with Crippen LogP contribution in [0.15, 0.2) is 40.3 Å². The molecule has 1 saturated carbocycles. The lowest BCUT2D eigenvalue weighted by Gasteiger charge is -2.50. The number of aliphatic carboxylic acids is 2. The number of β-lactam (4-membered cyclic amide) rings is 1. The molecular formula is C24H22N8O7S3. The molecule has 1 unspecified atom stereocenters. The number of nitrogens with zero attached hydrogens (tertiary/aromatic N) is 5. The molecule has 2 fully saturated rings. The molecule has 0 spiro atoms. The molecule has 3 aliphatic rings. The monoisotopic (exact) mass is 630 g/mol. The van der Waals surface area contributed by atoms with Crippen molar-refractivity contribution >= 4 is 84.4 Å². The molecule has 3 aromatic heterocycles. The van der Waals surface area contributed by atoms with Crippen LogP contribution in [0.4, 0.5) is 10.3 Å². The first-order valence-electron chi connectivity index (χ1n) is 12.5. The number of rotatable bonds is 9. The van der Waals surface area contributed by atoms with Gasteiger partial charge in [-0.05, 0) is 6.42 Å². The van der Waals surface area contributed by atoms with Crippen molar-refractivity contribution in [3.05, 3.63) is 40.8 Å². The summed E-state index contributed by atoms with van der Waals surface area (Å²) in [7, 11) is 0. The van der Waals surface area contributed by atoms with E-state index in [9.17, 15) is 29.4 Å². The average molecular weight is 631 g/mol. The van der Waals surface area contributed by atoms with Gasteiger partial charge in [-0.1, -0.05) is 16.5 Å². The summed E-state index contributed by atoms with van der Waals surface area (Å²) in [5.74, 6) is -3.97. The van der Waals surface area contributed by atoms with E-state index in [4.69, 9.17) is 16.3 Å². The van der Waals surface area contributed by atoms with Crippen molar-refractivity contribution in [1.29, 1.82) is 0 Å². The van der Waals surface area contributed by atoms with Gasteiger partial charge in [-0.25, -0.2) is 14.8 Å². The quantitative estimate of drug-likeness (QED) is 0.0969. The summed E-state index contributed by atoms with van der Waals surface area (Å²) in [4.78, 5) is 65.2. The van der Waals surface area contributed by atoms with Crippen molar-refractivity contribution in [3.8, 4) is 0 Å². The second-order valence-electron chi connectivity index (χ2n) is 9.77. The highest BCUT2D eigenvalue weighted by molar-refractivity contribution is 8.00. The SMILES string of the molecule is Nc1nc(/C(=N/OC2(C(=O)O)CCC2)C(=O)NC2C(=O)N3C(C(=O)[O-])=C(C[n+]4ccc5sc(N)nc5c4)CS[C@H]23)cs1. The van der Waals surface area contributed by atoms with Crippen LogP contribution in [-0.4, -0.2) is 72.2 Å². The molecule has 2 atom stereocenters. The fourth-order valence-electron chi connectivity index (χ4n) is 4.83. The summed E-state index contributed by atoms with van der Waals surface area (Å²) < 4.78 is 2.63. The number of pyridine rings is 1. The molecule has 2 aliphatic heterocycles. The average Bonchev–Trinajstić information content (AvgIpc) is 3.51. The fourth-order valence-corrected chi connectivity index (χ4v) is 7.42. The Balaban J connectivity index is 1.22. The molecule has 0 radical (unpaired) electrons. The summed E-state index contributed by atoms with van der Waals surface area (Å²) in [5.41, 5.74) is 10.5. The lowest BCUT2D eigenvalue weighted by atomic mass is 9.80. The summed E-state index contributed by atoms with van der Waals surface area (Å²) in [6.07, 6.45) is 4.58. The van der Waals surface area contributed by atoms with Crippen LogP contribution >= 0.6 is 34.4 Å². The van der Waals surface area contributed by atoms with E-state index in [0.717, 1.165) is 20.9 Å². The third kappa shape index (κ3) is 4.80. The minimum atomic E-state index is -1.55. The Labute approximate surface area is 248 Å². The van der Waals surface area contributed by atoms with Gasteiger partial charge >= 0.3 is 5.97 Å². The third-order valence-electron chi connectivity index (χ3n) is 7.15. The Morgan fingerprint density at radius 1 is 1.29 bits per heavy atom. The Morgan fingerprint density at radius 2 is 2.07 bits per heavy atom. The van der Waals surface area contributed by atoms with Gasteiger partial charge in [-0.15, -0.1) is 23.1 Å². The van der Waals surface area contributed by atoms with E-state index in [2.05, 4.69) is 20.4 Å². The van der Waals surface area contributed by atoms with Gasteiger partial charge in [0.25, 0.3) is 11.8 Å². The number of nitrogen functional groups attached to an aromatic ring is 2. The fraction of sp³-hybridized carbons (Fsp3) is 0.333. The maximum absolute atomic E-state index is 13.3. The van der Waals surface area contributed by atoms with Crippen LogP contribution in [0.5, 0.6) is 0 Å². The number of nitrogens with one attached hydrogen (secondary N) is 1. The number of amides is 2. The number of fused-ring (bicyclic) bond motifs is 2. The van der Waals surface area contributed by atoms with E-state index in [1.54, 1.807) is 17.0 Å². The molecule has 18 heteroatoms. The Bertz CT molecular complexity index is 1710. The van der Waals surface area contributed by atoms with E-state index < -0.39 is 40.8 Å². The van der Waals surface area contributed by atoms with Crippen molar-refractivity contribution in [2.45, 2.75) is 42.8 Å². The van der Waals surface area contributed by atoms with E-state index in [0.29, 0.717) is 22.6 Å². The van der Waals surface area contributed by atoms with Crippen molar-refractivity contribution < 1.29 is 38.8 Å². The second kappa shape index (κ2) is 10.5. The highest BCUT2D eigenvalue weighted by atomic mass is 32.2. The number of carbonyl (C=O) groups excluding carboxylic acids is 3. The number of nitrogens with two attached hydrogens (primary N) is 2. The number of aromatic nitrogens is 3. The van der Waals surface area contributed by atoms with Crippen LogP contribution in [-0.2, 0) is 30.6 Å². The van der Waals surface area contributed by atoms with Gasteiger partial charge in [0.1, 0.15) is 22.6 Å². The molecule has 6 N–H and O–H groups in total. The van der Waals surface area contributed by atoms with Gasteiger partial charge in [-0.3, -0.25) is 14.5 Å². The van der Waals surface area contributed by atoms with Gasteiger partial charge in [0.2, 0.25) is 5.60 Å². The molecule has 5 heterocycles. The Kier molecular flexibility index (Phi) is 6.98. The van der Waals surface area contributed by atoms with Crippen LogP contribution in [0.25, 0.3) is 10.2 Å². The van der Waals surface area contributed by atoms with Crippen LogP contribution in [0, 0.1) is 0 Å². The Hall–Kier alpha value is -4.29. The van der Waals surface area contributed by atoms with Gasteiger partial charge in [0.05, 0.1) is 16.4 Å². The Morgan fingerprint density at radius 3 is 2.71 bits per heavy atom. The standard InChI is InChI=1S/C24H22N8O7S3/c25-22-28-12(9-41-22)14(30-39-24(21(37)38)3-1-4-24)17(33)29-15-18(34)32-16(20(35)36)10(8-40-19(15)32)6-31-5-2-13-11(7-31)27-23(26)42-13/h2,5,7,9,15,19H,1,3-4,6,8H2,(H6-,25,26,27,28,29,33,35,36,37,38)/b30-14-/t15?,19-/m1/s1. The smallest absolute Gasteiger partial charge is 0.350 e. The molecule has 218 valence electrons. The number of oxime groups is 1. The van der Waals surface area contributed by atoms with E-state index in [-0.39, 0.29) is 47.4 Å². The molecule has 2 amide bonds. The predicted octanol–water partition coefficient (Wildman–Crippen LogP) is -0.963. The van der Waals surface area contributed by atoms with E-state index in [1.807, 2.05) is 6.07 Å². The molecule has 0 aromatic carbocycles. The maximum atomic E-state index is 13.3. The zero-order valence-electron chi connectivity index (χ0n) is 21.5. The van der Waals surface area contributed by atoms with Gasteiger partial charge in [-0.2, -0.15) is 4.57 Å². The molecule has 15 nitrogen and oxygen atoms in total. The largest absolute Gasteiger partial charge is 0.543 e. The molecule has 1 saturated heterocycles. The number of hydrogen-bond donors (Lipinski definition) is 4. The minimum absolute atomic E-state index is 0.0447. The van der Waals surface area contributed by atoms with Gasteiger partial charge in [0.15, 0.2) is 34.9 Å². The van der Waals surface area contributed by atoms with Crippen molar-refractivity contribution in [1.82, 2.24) is 20.2 Å². The first-order valence-corrected chi connectivity index (χ1v) is 15.3. The second-order valence-corrected chi connectivity index (χ2v) is 12.8. The highest BCUT2D eigenvalue weighted by Crippen LogP contribution is 2.40. The molecule has 3 aromatic rings. The number of carboxylic acids is 2. The number of thioether (sulfide) groups is 1. The first-order chi connectivity index (χ1) is 20.1. The number of anilines is 2. The molecule has 1 aliphatic carbocycles. The van der Waals surface area contributed by atoms with Crippen LogP contribution in [0.3, 0.4) is 0 Å². The first kappa shape index (κ1) is 27.9. The third-order valence-corrected chi connectivity index (χ3v) is 10.0. The van der Waals surface area contributed by atoms with Gasteiger partial charge < -0.3 is 36.6 Å². The van der Waals surface area contributed by atoms with Crippen LogP contribution in [0.2, 0.25) is 0 Å². The number of carbonyl (C=O) groups is 4. The lowest BCUT2D eigenvalue weighted by molar-refractivity contribution is -0.687. The van der Waals surface area contributed by atoms with Gasteiger partial charge in [0, 0.05) is 35.6 Å². The summed E-state index contributed by atoms with van der Waals surface area (Å²) in [6.45, 7) is 0.169. The number of carboxylic acid groups (broad SMARTS) is 2. The minimum Gasteiger partial charge on any atom is -0.543 e. The molecular weight excluding hydrogens is 609 g/mol. The topological polar surface area (TPSA) is 230 Å². The lowest BCUT2D eigenvalue weighted by Crippen LogP contribution is -2.71. The predicted molar refractivity (Wildman–Crippen MR) is 150 cm³/mol. The van der Waals surface area contributed by atoms with Crippen LogP contribution in [0.1, 0.15) is 25.0 Å². The molecule has 6 rings (SSSR count). The number of thiazole rings is 2. The summed E-state index contributed by atoms with van der Waals surface area (Å²) in [6, 6.07) is 0.739. The summed E-state index contributed by atoms with van der Waals surface area (Å²) >= 11 is 3.65. The normalized spacial score (nSPS) is 21.4. The van der Waals surface area contributed by atoms with Crippen molar-refractivity contribution in [2.75, 3.05) is 17.2 Å². The molecule has 0 bridgehead atoms. The summed E-state index contributed by atoms with van der Waals surface area (Å²) in [5, 5.41) is 29.5. The van der Waals surface area contributed by atoms with Crippen molar-refractivity contribution in [2.24, 2.45) is 5.16 Å². The van der Waals surface area contributed by atoms with E-state index >= 15 is 0 Å². The van der Waals surface area contributed by atoms with E-state index in [1.165, 1.54) is 28.5 Å².